The fourth-order valence-electron chi connectivity index (χ4n) is 1.38. The van der Waals surface area contributed by atoms with E-state index in [4.69, 9.17) is 0 Å². The van der Waals surface area contributed by atoms with E-state index >= 15 is 0 Å². The number of imidazole rings is 1. The minimum absolute atomic E-state index is 0.193. The van der Waals surface area contributed by atoms with Crippen molar-refractivity contribution in [3.8, 4) is 0 Å². The molecule has 0 aromatic carbocycles. The van der Waals surface area contributed by atoms with Gasteiger partial charge in [0.25, 0.3) is 0 Å². The maximum atomic E-state index is 4.51. The second-order valence-electron chi connectivity index (χ2n) is 4.28. The van der Waals surface area contributed by atoms with Crippen molar-refractivity contribution in [1.82, 2.24) is 14.9 Å². The quantitative estimate of drug-likeness (QED) is 0.843. The Hall–Kier alpha value is -0.970. The SMILES string of the molecule is CC1(C)CSC(=NCCn2ccnc2)N1. The number of thioether (sulfide) groups is 1. The summed E-state index contributed by atoms with van der Waals surface area (Å²) in [6.45, 7) is 6.09. The molecule has 0 unspecified atom stereocenters. The number of amidine groups is 1. The maximum Gasteiger partial charge on any atom is 0.157 e. The molecule has 1 N–H and O–H groups in total. The number of nitrogens with zero attached hydrogens (tertiary/aromatic N) is 3. The van der Waals surface area contributed by atoms with Gasteiger partial charge in [-0.15, -0.1) is 0 Å². The Bertz CT molecular complexity index is 342. The Balaban J connectivity index is 1.80. The fraction of sp³-hybridized carbons (Fsp3) is 0.600. The van der Waals surface area contributed by atoms with Crippen molar-refractivity contribution in [2.45, 2.75) is 25.9 Å². The van der Waals surface area contributed by atoms with Gasteiger partial charge in [0.2, 0.25) is 0 Å². The lowest BCUT2D eigenvalue weighted by Gasteiger charge is -2.15. The van der Waals surface area contributed by atoms with E-state index in [9.17, 15) is 0 Å². The summed E-state index contributed by atoms with van der Waals surface area (Å²) < 4.78 is 2.04. The van der Waals surface area contributed by atoms with Gasteiger partial charge in [0.05, 0.1) is 12.9 Å². The van der Waals surface area contributed by atoms with Crippen LogP contribution in [0.15, 0.2) is 23.7 Å². The van der Waals surface area contributed by atoms with Crippen LogP contribution in [0.25, 0.3) is 0 Å². The highest BCUT2D eigenvalue weighted by molar-refractivity contribution is 8.14. The Morgan fingerprint density at radius 3 is 3.13 bits per heavy atom. The number of nitrogens with one attached hydrogen (secondary N) is 1. The van der Waals surface area contributed by atoms with Crippen LogP contribution in [0.4, 0.5) is 0 Å². The Morgan fingerprint density at radius 1 is 1.67 bits per heavy atom. The average molecular weight is 224 g/mol. The average Bonchev–Trinajstić information content (AvgIpc) is 2.76. The summed E-state index contributed by atoms with van der Waals surface area (Å²) in [5, 5.41) is 4.47. The van der Waals surface area contributed by atoms with Crippen LogP contribution in [0, 0.1) is 0 Å². The van der Waals surface area contributed by atoms with E-state index in [-0.39, 0.29) is 5.54 Å². The predicted octanol–water partition coefficient (Wildman–Crippen LogP) is 1.35. The molecule has 4 nitrogen and oxygen atoms in total. The van der Waals surface area contributed by atoms with Gasteiger partial charge < -0.3 is 9.88 Å². The molecular weight excluding hydrogens is 208 g/mol. The van der Waals surface area contributed by atoms with Gasteiger partial charge in [0.1, 0.15) is 0 Å². The van der Waals surface area contributed by atoms with Gasteiger partial charge in [-0.3, -0.25) is 4.99 Å². The van der Waals surface area contributed by atoms with Crippen LogP contribution in [0.5, 0.6) is 0 Å². The molecule has 0 bridgehead atoms. The van der Waals surface area contributed by atoms with Crippen molar-refractivity contribution in [3.63, 3.8) is 0 Å². The number of hydrogen-bond acceptors (Lipinski definition) is 3. The van der Waals surface area contributed by atoms with E-state index in [0.29, 0.717) is 0 Å². The Labute approximate surface area is 94.2 Å². The Morgan fingerprint density at radius 2 is 2.53 bits per heavy atom. The molecule has 5 heteroatoms. The summed E-state index contributed by atoms with van der Waals surface area (Å²) in [5.41, 5.74) is 0.193. The van der Waals surface area contributed by atoms with Gasteiger partial charge >= 0.3 is 0 Å². The molecule has 2 heterocycles. The molecular formula is C10H16N4S. The number of rotatable bonds is 3. The van der Waals surface area contributed by atoms with Gasteiger partial charge in [-0.05, 0) is 13.8 Å². The van der Waals surface area contributed by atoms with Crippen LogP contribution in [0.1, 0.15) is 13.8 Å². The molecule has 0 spiro atoms. The van der Waals surface area contributed by atoms with E-state index in [1.807, 2.05) is 17.1 Å². The molecule has 1 saturated heterocycles. The first-order chi connectivity index (χ1) is 7.16. The highest BCUT2D eigenvalue weighted by atomic mass is 32.2. The van der Waals surface area contributed by atoms with Crippen LogP contribution in [0.3, 0.4) is 0 Å². The molecule has 82 valence electrons. The molecule has 2 rings (SSSR count). The van der Waals surface area contributed by atoms with Crippen molar-refractivity contribution in [2.24, 2.45) is 4.99 Å². The highest BCUT2D eigenvalue weighted by Crippen LogP contribution is 2.21. The molecule has 15 heavy (non-hydrogen) atoms. The summed E-state index contributed by atoms with van der Waals surface area (Å²) in [7, 11) is 0. The second-order valence-corrected chi connectivity index (χ2v) is 5.25. The van der Waals surface area contributed by atoms with Crippen molar-refractivity contribution >= 4 is 16.9 Å². The zero-order chi connectivity index (χ0) is 10.7. The standard InChI is InChI=1S/C10H16N4S/c1-10(2)7-15-9(13-10)12-4-6-14-5-3-11-8-14/h3,5,8H,4,6-7H2,1-2H3,(H,12,13). The van der Waals surface area contributed by atoms with Crippen LogP contribution < -0.4 is 5.32 Å². The van der Waals surface area contributed by atoms with Gasteiger partial charge in [-0.2, -0.15) is 0 Å². The van der Waals surface area contributed by atoms with E-state index in [0.717, 1.165) is 24.0 Å². The van der Waals surface area contributed by atoms with E-state index in [1.54, 1.807) is 18.0 Å². The largest absolute Gasteiger partial charge is 0.359 e. The third-order valence-electron chi connectivity index (χ3n) is 2.19. The fourth-order valence-corrected chi connectivity index (χ4v) is 2.48. The first kappa shape index (κ1) is 10.5. The first-order valence-electron chi connectivity index (χ1n) is 5.07. The third-order valence-corrected chi connectivity index (χ3v) is 3.56. The first-order valence-corrected chi connectivity index (χ1v) is 6.05. The molecule has 0 saturated carbocycles. The van der Waals surface area contributed by atoms with Gasteiger partial charge in [0, 0.05) is 30.2 Å². The minimum Gasteiger partial charge on any atom is -0.359 e. The molecule has 0 amide bonds. The topological polar surface area (TPSA) is 42.2 Å². The van der Waals surface area contributed by atoms with E-state index in [2.05, 4.69) is 29.1 Å². The number of hydrogen-bond donors (Lipinski definition) is 1. The van der Waals surface area contributed by atoms with Crippen molar-refractivity contribution < 1.29 is 0 Å². The van der Waals surface area contributed by atoms with Crippen LogP contribution >= 0.6 is 11.8 Å². The van der Waals surface area contributed by atoms with E-state index in [1.165, 1.54) is 0 Å². The lowest BCUT2D eigenvalue weighted by Crippen LogP contribution is -2.37. The van der Waals surface area contributed by atoms with Gasteiger partial charge in [-0.25, -0.2) is 4.98 Å². The minimum atomic E-state index is 0.193. The third kappa shape index (κ3) is 2.99. The van der Waals surface area contributed by atoms with Gasteiger partial charge in [0.15, 0.2) is 5.17 Å². The summed E-state index contributed by atoms with van der Waals surface area (Å²) >= 11 is 1.80. The molecule has 1 aliphatic heterocycles. The van der Waals surface area contributed by atoms with Crippen LogP contribution in [-0.2, 0) is 6.54 Å². The molecule has 0 radical (unpaired) electrons. The van der Waals surface area contributed by atoms with Crippen molar-refractivity contribution in [3.05, 3.63) is 18.7 Å². The zero-order valence-electron chi connectivity index (χ0n) is 9.10. The summed E-state index contributed by atoms with van der Waals surface area (Å²) in [6, 6.07) is 0. The van der Waals surface area contributed by atoms with Crippen LogP contribution in [-0.4, -0.2) is 32.6 Å². The highest BCUT2D eigenvalue weighted by Gasteiger charge is 2.26. The summed E-state index contributed by atoms with van der Waals surface area (Å²) in [5.74, 6) is 1.09. The van der Waals surface area contributed by atoms with Gasteiger partial charge in [-0.1, -0.05) is 11.8 Å². The lowest BCUT2D eigenvalue weighted by molar-refractivity contribution is 0.535. The van der Waals surface area contributed by atoms with E-state index < -0.39 is 0 Å². The lowest BCUT2D eigenvalue weighted by atomic mass is 10.1. The molecule has 1 fully saturated rings. The Kier molecular flexibility index (Phi) is 3.00. The smallest absolute Gasteiger partial charge is 0.157 e. The maximum absolute atomic E-state index is 4.51. The molecule has 0 aliphatic carbocycles. The zero-order valence-corrected chi connectivity index (χ0v) is 9.92. The number of aromatic nitrogens is 2. The molecule has 0 atom stereocenters. The number of aliphatic imine (C=N–C) groups is 1. The summed E-state index contributed by atoms with van der Waals surface area (Å²) in [4.78, 5) is 8.50. The molecule has 1 aromatic rings. The monoisotopic (exact) mass is 224 g/mol. The molecule has 1 aliphatic rings. The van der Waals surface area contributed by atoms with Crippen molar-refractivity contribution in [1.29, 1.82) is 0 Å². The van der Waals surface area contributed by atoms with Crippen molar-refractivity contribution in [2.75, 3.05) is 12.3 Å². The molecule has 1 aromatic heterocycles. The van der Waals surface area contributed by atoms with Crippen LogP contribution in [0.2, 0.25) is 0 Å². The predicted molar refractivity (Wildman–Crippen MR) is 64.2 cm³/mol. The summed E-state index contributed by atoms with van der Waals surface area (Å²) in [6.07, 6.45) is 5.57. The second kappa shape index (κ2) is 4.26. The normalized spacial score (nSPS) is 21.9.